The maximum atomic E-state index is 11.8. The van der Waals surface area contributed by atoms with E-state index in [1.807, 2.05) is 0 Å². The minimum absolute atomic E-state index is 0.133. The quantitative estimate of drug-likeness (QED) is 0.698. The Hall–Kier alpha value is -0.810. The highest BCUT2D eigenvalue weighted by atomic mass is 16.5. The van der Waals surface area contributed by atoms with Gasteiger partial charge in [-0.1, -0.05) is 20.8 Å². The van der Waals surface area contributed by atoms with Gasteiger partial charge < -0.3 is 20.5 Å². The number of nitrogens with one attached hydrogen (secondary N) is 2. The number of hydrogen-bond donors (Lipinski definition) is 3. The molecule has 3 atom stereocenters. The molecule has 5 heteroatoms. The summed E-state index contributed by atoms with van der Waals surface area (Å²) in [5, 5.41) is 15.3. The molecule has 0 aromatic rings. The SMILES string of the molecule is COCC(O)CCNC(=O)NC1CCC(C)(C)CC1C. The summed E-state index contributed by atoms with van der Waals surface area (Å²) in [5.41, 5.74) is 0.387. The molecule has 0 bridgehead atoms. The Kier molecular flexibility index (Phi) is 6.76. The maximum absolute atomic E-state index is 11.8. The predicted molar refractivity (Wildman–Crippen MR) is 79.6 cm³/mol. The number of aliphatic hydroxyl groups excluding tert-OH is 1. The zero-order chi connectivity index (χ0) is 15.2. The molecule has 0 aliphatic heterocycles. The third-order valence-electron chi connectivity index (χ3n) is 4.13. The molecule has 1 rings (SSSR count). The van der Waals surface area contributed by atoms with Gasteiger partial charge in [-0.25, -0.2) is 4.79 Å². The molecule has 0 aromatic carbocycles. The van der Waals surface area contributed by atoms with E-state index in [1.165, 1.54) is 0 Å². The summed E-state index contributed by atoms with van der Waals surface area (Å²) in [7, 11) is 1.55. The van der Waals surface area contributed by atoms with E-state index in [2.05, 4.69) is 31.4 Å². The fourth-order valence-electron chi connectivity index (χ4n) is 3.01. The number of methoxy groups -OCH3 is 1. The topological polar surface area (TPSA) is 70.6 Å². The first-order valence-corrected chi connectivity index (χ1v) is 7.55. The van der Waals surface area contributed by atoms with E-state index in [4.69, 9.17) is 4.74 Å². The van der Waals surface area contributed by atoms with Gasteiger partial charge in [0.2, 0.25) is 0 Å². The maximum Gasteiger partial charge on any atom is 0.315 e. The number of carbonyl (C=O) groups excluding carboxylic acids is 1. The lowest BCUT2D eigenvalue weighted by molar-refractivity contribution is 0.0598. The van der Waals surface area contributed by atoms with Gasteiger partial charge >= 0.3 is 6.03 Å². The molecule has 3 unspecified atom stereocenters. The minimum Gasteiger partial charge on any atom is -0.391 e. The van der Waals surface area contributed by atoms with E-state index in [1.54, 1.807) is 7.11 Å². The highest BCUT2D eigenvalue weighted by Crippen LogP contribution is 2.38. The minimum atomic E-state index is -0.519. The van der Waals surface area contributed by atoms with Crippen LogP contribution >= 0.6 is 0 Å². The number of urea groups is 1. The Bertz CT molecular complexity index is 307. The zero-order valence-electron chi connectivity index (χ0n) is 13.2. The summed E-state index contributed by atoms with van der Waals surface area (Å²) >= 11 is 0. The van der Waals surface area contributed by atoms with Gasteiger partial charge in [0.25, 0.3) is 0 Å². The van der Waals surface area contributed by atoms with Crippen LogP contribution in [0.5, 0.6) is 0 Å². The van der Waals surface area contributed by atoms with Crippen LogP contribution in [0.25, 0.3) is 0 Å². The lowest BCUT2D eigenvalue weighted by atomic mass is 9.70. The molecule has 0 radical (unpaired) electrons. The van der Waals surface area contributed by atoms with Crippen LogP contribution in [-0.4, -0.2) is 43.5 Å². The standard InChI is InChI=1S/C15H30N2O3/c1-11-9-15(2,3)7-5-13(11)17-14(19)16-8-6-12(18)10-20-4/h11-13,18H,5-10H2,1-4H3,(H2,16,17,19). The molecule has 0 saturated heterocycles. The van der Waals surface area contributed by atoms with Crippen molar-refractivity contribution >= 4 is 6.03 Å². The van der Waals surface area contributed by atoms with Crippen molar-refractivity contribution < 1.29 is 14.6 Å². The molecular weight excluding hydrogens is 256 g/mol. The molecule has 0 aromatic heterocycles. The highest BCUT2D eigenvalue weighted by Gasteiger charge is 2.32. The second-order valence-electron chi connectivity index (χ2n) is 6.79. The number of rotatable bonds is 6. The largest absolute Gasteiger partial charge is 0.391 e. The highest BCUT2D eigenvalue weighted by molar-refractivity contribution is 5.74. The van der Waals surface area contributed by atoms with Crippen LogP contribution in [-0.2, 0) is 4.74 Å². The number of aliphatic hydroxyl groups is 1. The van der Waals surface area contributed by atoms with Gasteiger partial charge in [0.05, 0.1) is 12.7 Å². The first-order chi connectivity index (χ1) is 9.34. The third kappa shape index (κ3) is 6.09. The monoisotopic (exact) mass is 286 g/mol. The van der Waals surface area contributed by atoms with Crippen molar-refractivity contribution in [1.82, 2.24) is 10.6 Å². The summed E-state index contributed by atoms with van der Waals surface area (Å²) in [6.07, 6.45) is 3.32. The Balaban J connectivity index is 2.22. The van der Waals surface area contributed by atoms with Crippen LogP contribution in [0.15, 0.2) is 0 Å². The molecule has 1 aliphatic carbocycles. The third-order valence-corrected chi connectivity index (χ3v) is 4.13. The second kappa shape index (κ2) is 7.84. The summed E-state index contributed by atoms with van der Waals surface area (Å²) in [4.78, 5) is 11.8. The van der Waals surface area contributed by atoms with Crippen LogP contribution in [0.2, 0.25) is 0 Å². The van der Waals surface area contributed by atoms with Gasteiger partial charge in [-0.2, -0.15) is 0 Å². The molecule has 1 saturated carbocycles. The van der Waals surface area contributed by atoms with E-state index in [0.717, 1.165) is 19.3 Å². The molecule has 0 spiro atoms. The van der Waals surface area contributed by atoms with Crippen molar-refractivity contribution in [3.05, 3.63) is 0 Å². The van der Waals surface area contributed by atoms with Gasteiger partial charge in [0, 0.05) is 19.7 Å². The average Bonchev–Trinajstić information content (AvgIpc) is 2.32. The van der Waals surface area contributed by atoms with Gasteiger partial charge in [-0.3, -0.25) is 0 Å². The van der Waals surface area contributed by atoms with E-state index >= 15 is 0 Å². The van der Waals surface area contributed by atoms with Crippen molar-refractivity contribution in [3.63, 3.8) is 0 Å². The Labute approximate surface area is 122 Å². The number of amides is 2. The van der Waals surface area contributed by atoms with E-state index in [-0.39, 0.29) is 12.1 Å². The lowest BCUT2D eigenvalue weighted by Gasteiger charge is -2.39. The first-order valence-electron chi connectivity index (χ1n) is 7.55. The van der Waals surface area contributed by atoms with Crippen molar-refractivity contribution in [2.24, 2.45) is 11.3 Å². The second-order valence-corrected chi connectivity index (χ2v) is 6.79. The van der Waals surface area contributed by atoms with Crippen LogP contribution in [0, 0.1) is 11.3 Å². The molecular formula is C15H30N2O3. The Morgan fingerprint density at radius 2 is 2.20 bits per heavy atom. The van der Waals surface area contributed by atoms with Gasteiger partial charge in [0.15, 0.2) is 0 Å². The summed E-state index contributed by atoms with van der Waals surface area (Å²) < 4.78 is 4.84. The van der Waals surface area contributed by atoms with Crippen molar-refractivity contribution in [3.8, 4) is 0 Å². The molecule has 20 heavy (non-hydrogen) atoms. The summed E-state index contributed by atoms with van der Waals surface area (Å²) in [6.45, 7) is 7.54. The van der Waals surface area contributed by atoms with Crippen molar-refractivity contribution in [1.29, 1.82) is 0 Å². The first kappa shape index (κ1) is 17.2. The lowest BCUT2D eigenvalue weighted by Crippen LogP contribution is -2.48. The normalized spacial score (nSPS) is 26.9. The predicted octanol–water partition coefficient (Wildman–Crippen LogP) is 1.90. The fourth-order valence-corrected chi connectivity index (χ4v) is 3.01. The van der Waals surface area contributed by atoms with Crippen LogP contribution in [0.3, 0.4) is 0 Å². The Morgan fingerprint density at radius 3 is 2.80 bits per heavy atom. The summed E-state index contributed by atoms with van der Waals surface area (Å²) in [5.74, 6) is 0.503. The fraction of sp³-hybridized carbons (Fsp3) is 0.933. The van der Waals surface area contributed by atoms with Crippen LogP contribution in [0.1, 0.15) is 46.5 Å². The number of hydrogen-bond acceptors (Lipinski definition) is 3. The molecule has 1 aliphatic rings. The van der Waals surface area contributed by atoms with Crippen molar-refractivity contribution in [2.75, 3.05) is 20.3 Å². The number of carbonyl (C=O) groups is 1. The molecule has 3 N–H and O–H groups in total. The van der Waals surface area contributed by atoms with Crippen LogP contribution < -0.4 is 10.6 Å². The zero-order valence-corrected chi connectivity index (χ0v) is 13.2. The average molecular weight is 286 g/mol. The van der Waals surface area contributed by atoms with Gasteiger partial charge in [0.1, 0.15) is 0 Å². The van der Waals surface area contributed by atoms with E-state index in [0.29, 0.717) is 30.9 Å². The Morgan fingerprint density at radius 1 is 1.50 bits per heavy atom. The number of ether oxygens (including phenoxy) is 1. The van der Waals surface area contributed by atoms with E-state index < -0.39 is 6.10 Å². The van der Waals surface area contributed by atoms with Gasteiger partial charge in [-0.15, -0.1) is 0 Å². The molecule has 118 valence electrons. The van der Waals surface area contributed by atoms with E-state index in [9.17, 15) is 9.90 Å². The van der Waals surface area contributed by atoms with Gasteiger partial charge in [-0.05, 0) is 37.0 Å². The summed E-state index contributed by atoms with van der Waals surface area (Å²) in [6, 6.07) is 0.123. The molecule has 5 nitrogen and oxygen atoms in total. The van der Waals surface area contributed by atoms with Crippen LogP contribution in [0.4, 0.5) is 4.79 Å². The molecule has 0 heterocycles. The molecule has 1 fully saturated rings. The van der Waals surface area contributed by atoms with Crippen molar-refractivity contribution in [2.45, 2.75) is 58.6 Å². The molecule has 2 amide bonds. The smallest absolute Gasteiger partial charge is 0.315 e.